The van der Waals surface area contributed by atoms with Crippen molar-refractivity contribution in [2.24, 2.45) is 0 Å². The van der Waals surface area contributed by atoms with Crippen molar-refractivity contribution < 1.29 is 24.1 Å². The van der Waals surface area contributed by atoms with Gasteiger partial charge < -0.3 is 19.3 Å². The molecular weight excluding hydrogens is 236 g/mol. The van der Waals surface area contributed by atoms with E-state index in [9.17, 15) is 9.90 Å². The van der Waals surface area contributed by atoms with Crippen molar-refractivity contribution >= 4 is 5.97 Å². The Kier molecular flexibility index (Phi) is 3.84. The highest BCUT2D eigenvalue weighted by Gasteiger charge is 2.26. The molecule has 1 atom stereocenters. The number of ether oxygens (including phenoxy) is 3. The van der Waals surface area contributed by atoms with Gasteiger partial charge in [-0.25, -0.2) is 0 Å². The maximum Gasteiger partial charge on any atom is 0.312 e. The SMILES string of the molecule is COC(=O)C(C)c1cccc(C2OCCO2)c1O. The summed E-state index contributed by atoms with van der Waals surface area (Å²) in [5, 5.41) is 10.2. The summed E-state index contributed by atoms with van der Waals surface area (Å²) in [7, 11) is 1.32. The summed E-state index contributed by atoms with van der Waals surface area (Å²) in [6.45, 7) is 2.68. The number of methoxy groups -OCH3 is 1. The molecule has 1 heterocycles. The van der Waals surface area contributed by atoms with Crippen molar-refractivity contribution in [1.82, 2.24) is 0 Å². The van der Waals surface area contributed by atoms with Crippen molar-refractivity contribution in [1.29, 1.82) is 0 Å². The van der Waals surface area contributed by atoms with Crippen molar-refractivity contribution in [3.8, 4) is 5.75 Å². The maximum atomic E-state index is 11.5. The van der Waals surface area contributed by atoms with Gasteiger partial charge in [0.05, 0.1) is 26.2 Å². The van der Waals surface area contributed by atoms with E-state index in [-0.39, 0.29) is 5.75 Å². The molecule has 98 valence electrons. The van der Waals surface area contributed by atoms with Gasteiger partial charge in [0.15, 0.2) is 6.29 Å². The number of hydrogen-bond donors (Lipinski definition) is 1. The van der Waals surface area contributed by atoms with Crippen LogP contribution in [-0.4, -0.2) is 31.4 Å². The van der Waals surface area contributed by atoms with Crippen LogP contribution in [-0.2, 0) is 19.0 Å². The fourth-order valence-corrected chi connectivity index (χ4v) is 1.96. The van der Waals surface area contributed by atoms with Gasteiger partial charge in [0.1, 0.15) is 5.75 Å². The van der Waals surface area contributed by atoms with Crippen LogP contribution in [0.2, 0.25) is 0 Å². The van der Waals surface area contributed by atoms with E-state index in [1.54, 1.807) is 25.1 Å². The molecule has 0 bridgehead atoms. The van der Waals surface area contributed by atoms with Crippen LogP contribution in [0, 0.1) is 0 Å². The predicted molar refractivity (Wildman–Crippen MR) is 63.2 cm³/mol. The summed E-state index contributed by atoms with van der Waals surface area (Å²) in [4.78, 5) is 11.5. The zero-order valence-corrected chi connectivity index (χ0v) is 10.4. The van der Waals surface area contributed by atoms with Gasteiger partial charge in [-0.1, -0.05) is 18.2 Å². The number of rotatable bonds is 3. The van der Waals surface area contributed by atoms with E-state index in [0.29, 0.717) is 24.3 Å². The molecule has 1 aliphatic heterocycles. The third-order valence-corrected chi connectivity index (χ3v) is 3.00. The molecule has 1 aromatic rings. The van der Waals surface area contributed by atoms with Crippen molar-refractivity contribution in [2.75, 3.05) is 20.3 Å². The summed E-state index contributed by atoms with van der Waals surface area (Å²) in [6.07, 6.45) is -0.560. The van der Waals surface area contributed by atoms with Crippen LogP contribution in [0.25, 0.3) is 0 Å². The predicted octanol–water partition coefficient (Wildman–Crippen LogP) is 1.71. The molecule has 5 heteroatoms. The van der Waals surface area contributed by atoms with Gasteiger partial charge in [-0.05, 0) is 6.92 Å². The van der Waals surface area contributed by atoms with Crippen LogP contribution >= 0.6 is 0 Å². The zero-order chi connectivity index (χ0) is 13.1. The minimum atomic E-state index is -0.560. The molecular formula is C13H16O5. The quantitative estimate of drug-likeness (QED) is 0.830. The van der Waals surface area contributed by atoms with E-state index in [2.05, 4.69) is 4.74 Å². The Bertz CT molecular complexity index is 437. The first kappa shape index (κ1) is 12.9. The van der Waals surface area contributed by atoms with Crippen LogP contribution < -0.4 is 0 Å². The van der Waals surface area contributed by atoms with Crippen molar-refractivity contribution in [2.45, 2.75) is 19.1 Å². The van der Waals surface area contributed by atoms with Gasteiger partial charge in [-0.15, -0.1) is 0 Å². The highest BCUT2D eigenvalue weighted by atomic mass is 16.7. The number of hydrogen-bond acceptors (Lipinski definition) is 5. The first-order chi connectivity index (χ1) is 8.65. The van der Waals surface area contributed by atoms with Gasteiger partial charge in [-0.3, -0.25) is 4.79 Å². The third kappa shape index (κ3) is 2.32. The summed E-state index contributed by atoms with van der Waals surface area (Å²) in [6, 6.07) is 5.17. The molecule has 0 aromatic heterocycles. The second-order valence-corrected chi connectivity index (χ2v) is 4.10. The fourth-order valence-electron chi connectivity index (χ4n) is 1.96. The lowest BCUT2D eigenvalue weighted by Crippen LogP contribution is -2.12. The molecule has 5 nitrogen and oxygen atoms in total. The largest absolute Gasteiger partial charge is 0.507 e. The monoisotopic (exact) mass is 252 g/mol. The number of carbonyl (C=O) groups excluding carboxylic acids is 1. The number of phenolic OH excluding ortho intramolecular Hbond substituents is 1. The summed E-state index contributed by atoms with van der Waals surface area (Å²) in [5.74, 6) is -0.894. The molecule has 1 fully saturated rings. The fraction of sp³-hybridized carbons (Fsp3) is 0.462. The first-order valence-corrected chi connectivity index (χ1v) is 5.78. The van der Waals surface area contributed by atoms with Crippen molar-refractivity contribution in [3.05, 3.63) is 29.3 Å². The summed E-state index contributed by atoms with van der Waals surface area (Å²) >= 11 is 0. The van der Waals surface area contributed by atoms with Gasteiger partial charge >= 0.3 is 5.97 Å². The average Bonchev–Trinajstić information content (AvgIpc) is 2.91. The number of aromatic hydroxyl groups is 1. The lowest BCUT2D eigenvalue weighted by atomic mass is 9.97. The Balaban J connectivity index is 2.32. The first-order valence-electron chi connectivity index (χ1n) is 5.78. The minimum absolute atomic E-state index is 0.0299. The Hall–Kier alpha value is -1.59. The minimum Gasteiger partial charge on any atom is -0.507 e. The zero-order valence-electron chi connectivity index (χ0n) is 10.4. The van der Waals surface area contributed by atoms with Gasteiger partial charge in [0, 0.05) is 11.1 Å². The molecule has 1 unspecified atom stereocenters. The molecule has 0 radical (unpaired) electrons. The van der Waals surface area contributed by atoms with Crippen LogP contribution in [0.1, 0.15) is 30.3 Å². The van der Waals surface area contributed by atoms with E-state index in [1.807, 2.05) is 0 Å². The molecule has 0 spiro atoms. The standard InChI is InChI=1S/C13H16O5/c1-8(12(15)16-2)9-4-3-5-10(11(9)14)13-17-6-7-18-13/h3-5,8,13-14H,6-7H2,1-2H3. The molecule has 1 saturated heterocycles. The molecule has 18 heavy (non-hydrogen) atoms. The lowest BCUT2D eigenvalue weighted by Gasteiger charge is -2.16. The van der Waals surface area contributed by atoms with Gasteiger partial charge in [0.25, 0.3) is 0 Å². The summed E-state index contributed by atoms with van der Waals surface area (Å²) in [5.41, 5.74) is 1.05. The molecule has 0 amide bonds. The Morgan fingerprint density at radius 1 is 1.44 bits per heavy atom. The average molecular weight is 252 g/mol. The number of benzene rings is 1. The molecule has 1 aliphatic rings. The highest BCUT2D eigenvalue weighted by Crippen LogP contribution is 2.36. The number of phenols is 1. The highest BCUT2D eigenvalue weighted by molar-refractivity contribution is 5.78. The Labute approximate surface area is 105 Å². The van der Waals surface area contributed by atoms with E-state index >= 15 is 0 Å². The van der Waals surface area contributed by atoms with E-state index in [4.69, 9.17) is 9.47 Å². The second-order valence-electron chi connectivity index (χ2n) is 4.10. The van der Waals surface area contributed by atoms with Crippen LogP contribution in [0.3, 0.4) is 0 Å². The number of para-hydroxylation sites is 1. The molecule has 1 N–H and O–H groups in total. The van der Waals surface area contributed by atoms with Gasteiger partial charge in [-0.2, -0.15) is 0 Å². The number of carbonyl (C=O) groups is 1. The van der Waals surface area contributed by atoms with E-state index in [0.717, 1.165) is 0 Å². The van der Waals surface area contributed by atoms with Crippen molar-refractivity contribution in [3.63, 3.8) is 0 Å². The molecule has 0 saturated carbocycles. The Morgan fingerprint density at radius 3 is 2.72 bits per heavy atom. The van der Waals surface area contributed by atoms with E-state index < -0.39 is 18.2 Å². The second kappa shape index (κ2) is 5.37. The third-order valence-electron chi connectivity index (χ3n) is 3.00. The normalized spacial score (nSPS) is 17.7. The molecule has 0 aliphatic carbocycles. The smallest absolute Gasteiger partial charge is 0.312 e. The van der Waals surface area contributed by atoms with Crippen LogP contribution in [0.4, 0.5) is 0 Å². The molecule has 2 rings (SSSR count). The maximum absolute atomic E-state index is 11.5. The van der Waals surface area contributed by atoms with E-state index in [1.165, 1.54) is 7.11 Å². The summed E-state index contributed by atoms with van der Waals surface area (Å²) < 4.78 is 15.4. The Morgan fingerprint density at radius 2 is 2.11 bits per heavy atom. The lowest BCUT2D eigenvalue weighted by molar-refractivity contribution is -0.142. The molecule has 1 aromatic carbocycles. The van der Waals surface area contributed by atoms with Crippen LogP contribution in [0.5, 0.6) is 5.75 Å². The topological polar surface area (TPSA) is 65.0 Å². The van der Waals surface area contributed by atoms with Gasteiger partial charge in [0.2, 0.25) is 0 Å². The number of esters is 1. The van der Waals surface area contributed by atoms with Crippen LogP contribution in [0.15, 0.2) is 18.2 Å².